The number of nitrogens with zero attached hydrogens (tertiary/aromatic N) is 5. The molecule has 1 fully saturated rings. The molecule has 4 rings (SSSR count). The van der Waals surface area contributed by atoms with Gasteiger partial charge in [-0.3, -0.25) is 4.79 Å². The van der Waals surface area contributed by atoms with E-state index in [0.29, 0.717) is 37.9 Å². The average molecular weight is 378 g/mol. The molecule has 1 aliphatic heterocycles. The number of amides is 1. The van der Waals surface area contributed by atoms with Crippen LogP contribution in [0.1, 0.15) is 23.0 Å². The van der Waals surface area contributed by atoms with Gasteiger partial charge >= 0.3 is 0 Å². The molecular formula is C20H22N6O2. The summed E-state index contributed by atoms with van der Waals surface area (Å²) in [6, 6.07) is 11.5. The van der Waals surface area contributed by atoms with Crippen molar-refractivity contribution in [3.05, 3.63) is 60.2 Å². The molecule has 8 heteroatoms. The molecule has 0 bridgehead atoms. The van der Waals surface area contributed by atoms with E-state index in [1.807, 2.05) is 18.2 Å². The summed E-state index contributed by atoms with van der Waals surface area (Å²) >= 11 is 0. The second kappa shape index (κ2) is 8.08. The van der Waals surface area contributed by atoms with Crippen LogP contribution in [0.15, 0.2) is 53.3 Å². The third kappa shape index (κ3) is 3.80. The van der Waals surface area contributed by atoms with Crippen LogP contribution in [0.5, 0.6) is 0 Å². The number of hydrogen-bond acceptors (Lipinski definition) is 7. The van der Waals surface area contributed by atoms with E-state index in [1.165, 1.54) is 11.8 Å². The fraction of sp³-hybridized carbons (Fsp3) is 0.300. The van der Waals surface area contributed by atoms with Gasteiger partial charge in [0.1, 0.15) is 0 Å². The number of carbonyl (C=O) groups excluding carboxylic acids is 1. The van der Waals surface area contributed by atoms with Crippen molar-refractivity contribution in [1.82, 2.24) is 20.1 Å². The lowest BCUT2D eigenvalue weighted by molar-refractivity contribution is 0.0714. The van der Waals surface area contributed by atoms with Gasteiger partial charge in [0.05, 0.1) is 12.5 Å². The number of hydrogen-bond donors (Lipinski definition) is 1. The van der Waals surface area contributed by atoms with Crippen LogP contribution < -0.4 is 10.2 Å². The van der Waals surface area contributed by atoms with E-state index in [4.69, 9.17) is 4.42 Å². The van der Waals surface area contributed by atoms with E-state index in [2.05, 4.69) is 38.4 Å². The minimum absolute atomic E-state index is 0.0796. The van der Waals surface area contributed by atoms with Crippen molar-refractivity contribution in [3.63, 3.8) is 0 Å². The van der Waals surface area contributed by atoms with Crippen molar-refractivity contribution < 1.29 is 9.21 Å². The van der Waals surface area contributed by atoms with Crippen LogP contribution in [0.25, 0.3) is 0 Å². The van der Waals surface area contributed by atoms with Gasteiger partial charge in [0, 0.05) is 31.9 Å². The molecule has 0 saturated carbocycles. The number of aromatic nitrogens is 3. The predicted octanol–water partition coefficient (Wildman–Crippen LogP) is 2.73. The van der Waals surface area contributed by atoms with Gasteiger partial charge in [-0.05, 0) is 30.2 Å². The molecule has 0 spiro atoms. The number of benzene rings is 1. The Morgan fingerprint density at radius 2 is 1.96 bits per heavy atom. The van der Waals surface area contributed by atoms with Gasteiger partial charge < -0.3 is 19.5 Å². The summed E-state index contributed by atoms with van der Waals surface area (Å²) in [6.07, 6.45) is 4.09. The van der Waals surface area contributed by atoms with Crippen molar-refractivity contribution in [3.8, 4) is 0 Å². The third-order valence-electron chi connectivity index (χ3n) is 4.81. The highest BCUT2D eigenvalue weighted by Crippen LogP contribution is 2.21. The molecule has 1 aromatic carbocycles. The first-order valence-electron chi connectivity index (χ1n) is 9.37. The summed E-state index contributed by atoms with van der Waals surface area (Å²) in [5, 5.41) is 11.5. The van der Waals surface area contributed by atoms with Crippen LogP contribution in [-0.4, -0.2) is 52.2 Å². The van der Waals surface area contributed by atoms with Gasteiger partial charge in [-0.25, -0.2) is 0 Å². The lowest BCUT2D eigenvalue weighted by atomic mass is 10.1. The first-order chi connectivity index (χ1) is 13.7. The maximum atomic E-state index is 12.4. The van der Waals surface area contributed by atoms with Gasteiger partial charge in [0.2, 0.25) is 5.95 Å². The van der Waals surface area contributed by atoms with Crippen molar-refractivity contribution >= 4 is 23.4 Å². The SMILES string of the molecule is CCc1ccccc1Nc1nncc(N2CCN(C(=O)c3ccco3)CC2)n1. The Kier molecular flexibility index (Phi) is 5.18. The van der Waals surface area contributed by atoms with Gasteiger partial charge in [0.25, 0.3) is 5.91 Å². The van der Waals surface area contributed by atoms with Gasteiger partial charge in [-0.1, -0.05) is 25.1 Å². The summed E-state index contributed by atoms with van der Waals surface area (Å²) in [6.45, 7) is 4.67. The van der Waals surface area contributed by atoms with E-state index in [-0.39, 0.29) is 5.91 Å². The topological polar surface area (TPSA) is 87.4 Å². The Bertz CT molecular complexity index is 935. The van der Waals surface area contributed by atoms with Gasteiger partial charge in [-0.2, -0.15) is 10.1 Å². The highest BCUT2D eigenvalue weighted by atomic mass is 16.3. The van der Waals surface area contributed by atoms with Crippen LogP contribution >= 0.6 is 0 Å². The molecule has 144 valence electrons. The van der Waals surface area contributed by atoms with Crippen LogP contribution in [-0.2, 0) is 6.42 Å². The minimum Gasteiger partial charge on any atom is -0.459 e. The van der Waals surface area contributed by atoms with E-state index in [9.17, 15) is 4.79 Å². The van der Waals surface area contributed by atoms with Crippen molar-refractivity contribution in [2.45, 2.75) is 13.3 Å². The molecule has 3 heterocycles. The quantitative estimate of drug-likeness (QED) is 0.730. The number of carbonyl (C=O) groups is 1. The molecule has 1 aliphatic rings. The molecule has 28 heavy (non-hydrogen) atoms. The number of para-hydroxylation sites is 1. The molecular weight excluding hydrogens is 356 g/mol. The number of aryl methyl sites for hydroxylation is 1. The predicted molar refractivity (Wildman–Crippen MR) is 106 cm³/mol. The number of piperazine rings is 1. The molecule has 0 aliphatic carbocycles. The zero-order valence-corrected chi connectivity index (χ0v) is 15.7. The fourth-order valence-corrected chi connectivity index (χ4v) is 3.27. The number of anilines is 3. The van der Waals surface area contributed by atoms with E-state index in [0.717, 1.165) is 17.9 Å². The van der Waals surface area contributed by atoms with Crippen molar-refractivity contribution in [2.24, 2.45) is 0 Å². The van der Waals surface area contributed by atoms with Crippen molar-refractivity contribution in [2.75, 3.05) is 36.4 Å². The van der Waals surface area contributed by atoms with E-state index in [1.54, 1.807) is 23.2 Å². The highest BCUT2D eigenvalue weighted by molar-refractivity contribution is 5.91. The summed E-state index contributed by atoms with van der Waals surface area (Å²) in [5.74, 6) is 1.51. The summed E-state index contributed by atoms with van der Waals surface area (Å²) in [5.41, 5.74) is 2.18. The summed E-state index contributed by atoms with van der Waals surface area (Å²) in [7, 11) is 0. The molecule has 1 amide bonds. The molecule has 8 nitrogen and oxygen atoms in total. The highest BCUT2D eigenvalue weighted by Gasteiger charge is 2.24. The average Bonchev–Trinajstić information content (AvgIpc) is 3.29. The molecule has 3 aromatic rings. The Hall–Kier alpha value is -3.42. The van der Waals surface area contributed by atoms with Crippen LogP contribution in [0.2, 0.25) is 0 Å². The second-order valence-electron chi connectivity index (χ2n) is 6.53. The normalized spacial score (nSPS) is 14.2. The molecule has 0 atom stereocenters. The van der Waals surface area contributed by atoms with Crippen LogP contribution in [0, 0.1) is 0 Å². The first-order valence-corrected chi connectivity index (χ1v) is 9.37. The Morgan fingerprint density at radius 1 is 1.14 bits per heavy atom. The van der Waals surface area contributed by atoms with Crippen LogP contribution in [0.4, 0.5) is 17.5 Å². The van der Waals surface area contributed by atoms with E-state index >= 15 is 0 Å². The zero-order valence-electron chi connectivity index (χ0n) is 15.7. The van der Waals surface area contributed by atoms with Crippen LogP contribution in [0.3, 0.4) is 0 Å². The summed E-state index contributed by atoms with van der Waals surface area (Å²) in [4.78, 5) is 20.9. The fourth-order valence-electron chi connectivity index (χ4n) is 3.27. The molecule has 0 radical (unpaired) electrons. The number of nitrogens with one attached hydrogen (secondary N) is 1. The monoisotopic (exact) mass is 378 g/mol. The Morgan fingerprint density at radius 3 is 2.71 bits per heavy atom. The minimum atomic E-state index is -0.0796. The maximum Gasteiger partial charge on any atom is 0.289 e. The zero-order chi connectivity index (χ0) is 19.3. The number of furan rings is 1. The molecule has 2 aromatic heterocycles. The lowest BCUT2D eigenvalue weighted by Crippen LogP contribution is -2.49. The van der Waals surface area contributed by atoms with Gasteiger partial charge in [-0.15, -0.1) is 5.10 Å². The Labute approximate surface area is 163 Å². The summed E-state index contributed by atoms with van der Waals surface area (Å²) < 4.78 is 5.21. The largest absolute Gasteiger partial charge is 0.459 e. The number of rotatable bonds is 5. The first kappa shape index (κ1) is 18.0. The maximum absolute atomic E-state index is 12.4. The van der Waals surface area contributed by atoms with Crippen molar-refractivity contribution in [1.29, 1.82) is 0 Å². The smallest absolute Gasteiger partial charge is 0.289 e. The standard InChI is InChI=1S/C20H22N6O2/c1-2-15-6-3-4-7-16(15)22-20-23-18(14-21-24-20)25-9-11-26(12-10-25)19(27)17-8-5-13-28-17/h3-8,13-14H,2,9-12H2,1H3,(H,22,23,24). The molecule has 0 unspecified atom stereocenters. The molecule has 1 saturated heterocycles. The molecule has 1 N–H and O–H groups in total. The lowest BCUT2D eigenvalue weighted by Gasteiger charge is -2.34. The second-order valence-corrected chi connectivity index (χ2v) is 6.53. The Balaban J connectivity index is 1.42. The third-order valence-corrected chi connectivity index (χ3v) is 4.81. The van der Waals surface area contributed by atoms with E-state index < -0.39 is 0 Å². The van der Waals surface area contributed by atoms with Gasteiger partial charge in [0.15, 0.2) is 11.6 Å².